The van der Waals surface area contributed by atoms with Gasteiger partial charge in [-0.15, -0.1) is 0 Å². The number of carbonyl (C=O) groups is 1. The average molecular weight is 334 g/mol. The minimum atomic E-state index is -0.186. The van der Waals surface area contributed by atoms with E-state index in [9.17, 15) is 4.79 Å². The maximum Gasteiger partial charge on any atom is 0.319 e. The van der Waals surface area contributed by atoms with Crippen molar-refractivity contribution in [2.45, 2.75) is 45.6 Å². The second-order valence-electron chi connectivity index (χ2n) is 6.82. The van der Waals surface area contributed by atoms with Crippen LogP contribution in [0.4, 0.5) is 4.79 Å². The topological polar surface area (TPSA) is 41.1 Å². The second-order valence-corrected chi connectivity index (χ2v) is 6.82. The van der Waals surface area contributed by atoms with E-state index in [1.807, 2.05) is 25.1 Å². The highest BCUT2D eigenvalue weighted by atomic mass is 16.2. The SMILES string of the molecule is Cc1cccc(/C=C/NC(=O)NC(C)c2ccc3c(c2)CCCC3)c1. The number of carbonyl (C=O) groups excluding carboxylic acids is 1. The number of amides is 2. The Balaban J connectivity index is 1.55. The van der Waals surface area contributed by atoms with Gasteiger partial charge in [0.1, 0.15) is 0 Å². The van der Waals surface area contributed by atoms with Crippen LogP contribution in [0.15, 0.2) is 48.7 Å². The Kier molecular flexibility index (Phi) is 5.54. The molecular formula is C22H26N2O. The quantitative estimate of drug-likeness (QED) is 0.820. The van der Waals surface area contributed by atoms with E-state index in [2.05, 4.69) is 47.9 Å². The van der Waals surface area contributed by atoms with E-state index in [1.54, 1.807) is 6.20 Å². The van der Waals surface area contributed by atoms with Crippen molar-refractivity contribution < 1.29 is 4.79 Å². The molecule has 0 heterocycles. The molecule has 2 amide bonds. The normalized spacial score (nSPS) is 14.8. The summed E-state index contributed by atoms with van der Waals surface area (Å²) in [7, 11) is 0. The van der Waals surface area contributed by atoms with Crippen molar-refractivity contribution in [3.8, 4) is 0 Å². The van der Waals surface area contributed by atoms with Gasteiger partial charge in [-0.05, 0) is 67.9 Å². The molecule has 3 heteroatoms. The Labute approximate surface area is 150 Å². The predicted octanol–water partition coefficient (Wildman–Crippen LogP) is 4.90. The van der Waals surface area contributed by atoms with Gasteiger partial charge >= 0.3 is 6.03 Å². The number of benzene rings is 2. The zero-order valence-corrected chi connectivity index (χ0v) is 15.0. The van der Waals surface area contributed by atoms with Crippen molar-refractivity contribution in [1.82, 2.24) is 10.6 Å². The van der Waals surface area contributed by atoms with Gasteiger partial charge in [-0.2, -0.15) is 0 Å². The molecule has 2 aromatic carbocycles. The van der Waals surface area contributed by atoms with E-state index in [4.69, 9.17) is 0 Å². The van der Waals surface area contributed by atoms with Crippen LogP contribution >= 0.6 is 0 Å². The summed E-state index contributed by atoms with van der Waals surface area (Å²) in [6.07, 6.45) is 8.47. The highest BCUT2D eigenvalue weighted by Crippen LogP contribution is 2.24. The molecule has 0 aromatic heterocycles. The predicted molar refractivity (Wildman–Crippen MR) is 103 cm³/mol. The number of hydrogen-bond acceptors (Lipinski definition) is 1. The fourth-order valence-electron chi connectivity index (χ4n) is 3.33. The van der Waals surface area contributed by atoms with Crippen LogP contribution in [0.25, 0.3) is 6.08 Å². The largest absolute Gasteiger partial charge is 0.331 e. The van der Waals surface area contributed by atoms with Crippen molar-refractivity contribution in [1.29, 1.82) is 0 Å². The fraction of sp³-hybridized carbons (Fsp3) is 0.318. The van der Waals surface area contributed by atoms with E-state index in [1.165, 1.54) is 41.5 Å². The van der Waals surface area contributed by atoms with Crippen molar-refractivity contribution in [3.05, 3.63) is 76.5 Å². The fourth-order valence-corrected chi connectivity index (χ4v) is 3.33. The molecule has 3 nitrogen and oxygen atoms in total. The third-order valence-corrected chi connectivity index (χ3v) is 4.75. The van der Waals surface area contributed by atoms with Gasteiger partial charge in [-0.1, -0.05) is 48.0 Å². The lowest BCUT2D eigenvalue weighted by Crippen LogP contribution is -2.34. The Morgan fingerprint density at radius 2 is 1.88 bits per heavy atom. The average Bonchev–Trinajstić information content (AvgIpc) is 2.61. The van der Waals surface area contributed by atoms with Gasteiger partial charge in [0, 0.05) is 6.20 Å². The number of nitrogens with one attached hydrogen (secondary N) is 2. The lowest BCUT2D eigenvalue weighted by molar-refractivity contribution is 0.241. The molecule has 130 valence electrons. The van der Waals surface area contributed by atoms with Crippen molar-refractivity contribution in [3.63, 3.8) is 0 Å². The first kappa shape index (κ1) is 17.3. The van der Waals surface area contributed by atoms with Gasteiger partial charge in [0.2, 0.25) is 0 Å². The van der Waals surface area contributed by atoms with E-state index >= 15 is 0 Å². The number of aryl methyl sites for hydroxylation is 3. The van der Waals surface area contributed by atoms with E-state index < -0.39 is 0 Å². The van der Waals surface area contributed by atoms with Crippen LogP contribution in [0.1, 0.15) is 53.6 Å². The summed E-state index contributed by atoms with van der Waals surface area (Å²) in [5.41, 5.74) is 6.35. The summed E-state index contributed by atoms with van der Waals surface area (Å²) < 4.78 is 0. The third-order valence-electron chi connectivity index (χ3n) is 4.75. The minimum absolute atomic E-state index is 0.0143. The molecule has 1 aliphatic rings. The van der Waals surface area contributed by atoms with Gasteiger partial charge in [0.05, 0.1) is 6.04 Å². The molecule has 0 fully saturated rings. The van der Waals surface area contributed by atoms with Crippen LogP contribution in [0.3, 0.4) is 0 Å². The molecule has 0 bridgehead atoms. The van der Waals surface area contributed by atoms with Crippen molar-refractivity contribution in [2.24, 2.45) is 0 Å². The molecule has 0 aliphatic heterocycles. The lowest BCUT2D eigenvalue weighted by Gasteiger charge is -2.20. The Morgan fingerprint density at radius 1 is 1.08 bits per heavy atom. The highest BCUT2D eigenvalue weighted by molar-refractivity contribution is 5.76. The molecule has 0 spiro atoms. The highest BCUT2D eigenvalue weighted by Gasteiger charge is 2.13. The maximum atomic E-state index is 12.1. The zero-order chi connectivity index (χ0) is 17.6. The van der Waals surface area contributed by atoms with E-state index in [0.29, 0.717) is 0 Å². The van der Waals surface area contributed by atoms with Crippen molar-refractivity contribution >= 4 is 12.1 Å². The summed E-state index contributed by atoms with van der Waals surface area (Å²) in [6, 6.07) is 14.6. The van der Waals surface area contributed by atoms with Crippen LogP contribution in [-0.4, -0.2) is 6.03 Å². The van der Waals surface area contributed by atoms with Gasteiger partial charge in [0.15, 0.2) is 0 Å². The maximum absolute atomic E-state index is 12.1. The standard InChI is InChI=1S/C22H26N2O/c1-16-6-5-7-18(14-16)12-13-23-22(25)24-17(2)20-11-10-19-8-3-4-9-21(19)15-20/h5-7,10-15,17H,3-4,8-9H2,1-2H3,(H2,23,24,25)/b13-12+. The van der Waals surface area contributed by atoms with Crippen LogP contribution in [0.5, 0.6) is 0 Å². The van der Waals surface area contributed by atoms with Gasteiger partial charge in [0.25, 0.3) is 0 Å². The zero-order valence-electron chi connectivity index (χ0n) is 15.0. The summed E-state index contributed by atoms with van der Waals surface area (Å²) in [6.45, 7) is 4.08. The number of rotatable bonds is 4. The van der Waals surface area contributed by atoms with E-state index in [0.717, 1.165) is 12.0 Å². The second kappa shape index (κ2) is 8.02. The van der Waals surface area contributed by atoms with Crippen LogP contribution in [0, 0.1) is 6.92 Å². The summed E-state index contributed by atoms with van der Waals surface area (Å²) in [4.78, 5) is 12.1. The number of fused-ring (bicyclic) bond motifs is 1. The third kappa shape index (κ3) is 4.72. The van der Waals surface area contributed by atoms with Crippen LogP contribution in [0.2, 0.25) is 0 Å². The van der Waals surface area contributed by atoms with Crippen LogP contribution in [-0.2, 0) is 12.8 Å². The molecule has 1 aliphatic carbocycles. The molecule has 0 radical (unpaired) electrons. The van der Waals surface area contributed by atoms with E-state index in [-0.39, 0.29) is 12.1 Å². The Bertz CT molecular complexity index is 779. The number of urea groups is 1. The van der Waals surface area contributed by atoms with Crippen LogP contribution < -0.4 is 10.6 Å². The van der Waals surface area contributed by atoms with Gasteiger partial charge in [-0.25, -0.2) is 4.79 Å². The van der Waals surface area contributed by atoms with Gasteiger partial charge < -0.3 is 10.6 Å². The number of hydrogen-bond donors (Lipinski definition) is 2. The first-order chi connectivity index (χ1) is 12.1. The molecule has 2 aromatic rings. The van der Waals surface area contributed by atoms with Crippen molar-refractivity contribution in [2.75, 3.05) is 0 Å². The molecule has 1 atom stereocenters. The monoisotopic (exact) mass is 334 g/mol. The first-order valence-electron chi connectivity index (χ1n) is 9.04. The molecule has 3 rings (SSSR count). The minimum Gasteiger partial charge on any atom is -0.331 e. The summed E-state index contributed by atoms with van der Waals surface area (Å²) >= 11 is 0. The van der Waals surface area contributed by atoms with Gasteiger partial charge in [-0.3, -0.25) is 0 Å². The summed E-state index contributed by atoms with van der Waals surface area (Å²) in [5, 5.41) is 5.78. The molecule has 2 N–H and O–H groups in total. The smallest absolute Gasteiger partial charge is 0.319 e. The first-order valence-corrected chi connectivity index (χ1v) is 9.04. The molecular weight excluding hydrogens is 308 g/mol. The lowest BCUT2D eigenvalue weighted by atomic mass is 9.89. The molecule has 25 heavy (non-hydrogen) atoms. The summed E-state index contributed by atoms with van der Waals surface area (Å²) in [5.74, 6) is 0. The Morgan fingerprint density at radius 3 is 2.68 bits per heavy atom. The molecule has 0 saturated heterocycles. The molecule has 0 saturated carbocycles. The molecule has 1 unspecified atom stereocenters. The Hall–Kier alpha value is -2.55.